The van der Waals surface area contributed by atoms with Gasteiger partial charge in [-0.1, -0.05) is 0 Å². The highest BCUT2D eigenvalue weighted by Gasteiger charge is 2.26. The minimum Gasteiger partial charge on any atom is -0.376 e. The molecule has 1 fully saturated rings. The minimum absolute atomic E-state index is 0.192. The van der Waals surface area contributed by atoms with Gasteiger partial charge in [0.1, 0.15) is 0 Å². The van der Waals surface area contributed by atoms with Crippen molar-refractivity contribution >= 4 is 5.78 Å². The zero-order valence-electron chi connectivity index (χ0n) is 11.6. The third-order valence-corrected chi connectivity index (χ3v) is 3.53. The van der Waals surface area contributed by atoms with Gasteiger partial charge in [0.15, 0.2) is 5.78 Å². The van der Waals surface area contributed by atoms with Gasteiger partial charge in [0, 0.05) is 29.5 Å². The van der Waals surface area contributed by atoms with E-state index in [2.05, 4.69) is 23.7 Å². The highest BCUT2D eigenvalue weighted by Crippen LogP contribution is 2.15. The number of carbonyl (C=O) groups is 1. The molecule has 1 N–H and O–H groups in total. The summed E-state index contributed by atoms with van der Waals surface area (Å²) in [7, 11) is 0. The van der Waals surface area contributed by atoms with Gasteiger partial charge < -0.3 is 9.72 Å². The molecule has 1 aromatic heterocycles. The third kappa shape index (κ3) is 2.82. The van der Waals surface area contributed by atoms with Gasteiger partial charge in [0.25, 0.3) is 0 Å². The van der Waals surface area contributed by atoms with Crippen LogP contribution in [-0.2, 0) is 4.74 Å². The summed E-state index contributed by atoms with van der Waals surface area (Å²) in [5.41, 5.74) is 2.82. The van der Waals surface area contributed by atoms with E-state index in [4.69, 9.17) is 4.74 Å². The number of hydrogen-bond donors (Lipinski definition) is 1. The molecule has 0 bridgehead atoms. The Morgan fingerprint density at radius 3 is 2.83 bits per heavy atom. The topological polar surface area (TPSA) is 45.3 Å². The van der Waals surface area contributed by atoms with Crippen molar-refractivity contribution in [3.63, 3.8) is 0 Å². The molecule has 0 aliphatic carbocycles. The van der Waals surface area contributed by atoms with Crippen molar-refractivity contribution in [2.75, 3.05) is 19.7 Å². The summed E-state index contributed by atoms with van der Waals surface area (Å²) in [5, 5.41) is 0. The average molecular weight is 250 g/mol. The molecule has 0 spiro atoms. The van der Waals surface area contributed by atoms with Crippen LogP contribution in [0.25, 0.3) is 0 Å². The number of morpholine rings is 1. The summed E-state index contributed by atoms with van der Waals surface area (Å²) in [6.07, 6.45) is 0.211. The molecule has 100 valence electrons. The highest BCUT2D eigenvalue weighted by molar-refractivity contribution is 5.98. The molecule has 1 aliphatic rings. The van der Waals surface area contributed by atoms with Crippen molar-refractivity contribution in [3.05, 3.63) is 23.0 Å². The van der Waals surface area contributed by atoms with Gasteiger partial charge in [-0.25, -0.2) is 0 Å². The van der Waals surface area contributed by atoms with Gasteiger partial charge >= 0.3 is 0 Å². The lowest BCUT2D eigenvalue weighted by atomic mass is 10.1. The summed E-state index contributed by atoms with van der Waals surface area (Å²) in [6, 6.07) is 2.25. The van der Waals surface area contributed by atoms with Crippen molar-refractivity contribution in [3.8, 4) is 0 Å². The first-order chi connectivity index (χ1) is 8.47. The molecule has 1 aliphatic heterocycles. The molecule has 1 aromatic rings. The predicted molar refractivity (Wildman–Crippen MR) is 71.0 cm³/mol. The largest absolute Gasteiger partial charge is 0.376 e. The number of aromatic amines is 1. The maximum atomic E-state index is 12.3. The van der Waals surface area contributed by atoms with E-state index in [0.717, 1.165) is 23.5 Å². The molecule has 2 unspecified atom stereocenters. The summed E-state index contributed by atoms with van der Waals surface area (Å²) in [6.45, 7) is 10.1. The van der Waals surface area contributed by atoms with E-state index in [1.54, 1.807) is 0 Å². The fourth-order valence-corrected chi connectivity index (χ4v) is 2.48. The molecule has 2 heterocycles. The van der Waals surface area contributed by atoms with Crippen LogP contribution in [0.3, 0.4) is 0 Å². The van der Waals surface area contributed by atoms with E-state index in [-0.39, 0.29) is 11.9 Å². The second-order valence-corrected chi connectivity index (χ2v) is 5.34. The number of ketones is 1. The van der Waals surface area contributed by atoms with Gasteiger partial charge in [-0.15, -0.1) is 0 Å². The van der Waals surface area contributed by atoms with E-state index in [1.807, 2.05) is 19.9 Å². The predicted octanol–water partition coefficient (Wildman–Crippen LogP) is 1.92. The van der Waals surface area contributed by atoms with Crippen LogP contribution in [0.15, 0.2) is 6.07 Å². The molecule has 0 amide bonds. The van der Waals surface area contributed by atoms with Crippen LogP contribution >= 0.6 is 0 Å². The number of H-pyrrole nitrogens is 1. The van der Waals surface area contributed by atoms with Crippen molar-refractivity contribution < 1.29 is 9.53 Å². The lowest BCUT2D eigenvalue weighted by Gasteiger charge is -2.36. The van der Waals surface area contributed by atoms with Gasteiger partial charge in [-0.2, -0.15) is 0 Å². The molecular weight excluding hydrogens is 228 g/mol. The number of ether oxygens (including phenoxy) is 1. The van der Waals surface area contributed by atoms with Crippen molar-refractivity contribution in [1.82, 2.24) is 9.88 Å². The Kier molecular flexibility index (Phi) is 3.88. The molecule has 4 heteroatoms. The van der Waals surface area contributed by atoms with Crippen LogP contribution in [0.1, 0.15) is 35.6 Å². The molecular formula is C14H22N2O2. The monoisotopic (exact) mass is 250 g/mol. The van der Waals surface area contributed by atoms with Crippen molar-refractivity contribution in [2.45, 2.75) is 39.8 Å². The first-order valence-electron chi connectivity index (χ1n) is 6.52. The number of nitrogens with one attached hydrogen (secondary N) is 1. The molecule has 0 saturated carbocycles. The Labute approximate surface area is 108 Å². The van der Waals surface area contributed by atoms with Gasteiger partial charge in [-0.05, 0) is 33.8 Å². The van der Waals surface area contributed by atoms with Crippen LogP contribution in [0, 0.1) is 13.8 Å². The lowest BCUT2D eigenvalue weighted by Crippen LogP contribution is -2.49. The van der Waals surface area contributed by atoms with Crippen molar-refractivity contribution in [1.29, 1.82) is 0 Å². The second kappa shape index (κ2) is 5.24. The van der Waals surface area contributed by atoms with E-state index in [0.29, 0.717) is 19.2 Å². The first kappa shape index (κ1) is 13.3. The SMILES string of the molecule is Cc1cc(C(=O)CN2CC(C)OCC2C)c(C)[nH]1. The zero-order valence-corrected chi connectivity index (χ0v) is 11.6. The highest BCUT2D eigenvalue weighted by atomic mass is 16.5. The Morgan fingerprint density at radius 1 is 1.50 bits per heavy atom. The summed E-state index contributed by atoms with van der Waals surface area (Å²) in [5.74, 6) is 0.192. The van der Waals surface area contributed by atoms with Crippen LogP contribution < -0.4 is 0 Å². The Bertz CT molecular complexity index is 439. The number of carbonyl (C=O) groups excluding carboxylic acids is 1. The number of Topliss-reactive ketones (excluding diaryl/α,β-unsaturated/α-hetero) is 1. The summed E-state index contributed by atoms with van der Waals surface area (Å²) < 4.78 is 5.58. The number of aryl methyl sites for hydroxylation is 2. The number of hydrogen-bond acceptors (Lipinski definition) is 3. The fraction of sp³-hybridized carbons (Fsp3) is 0.643. The van der Waals surface area contributed by atoms with Gasteiger partial charge in [-0.3, -0.25) is 9.69 Å². The van der Waals surface area contributed by atoms with E-state index in [1.165, 1.54) is 0 Å². The van der Waals surface area contributed by atoms with Gasteiger partial charge in [0.05, 0.1) is 19.3 Å². The molecule has 2 atom stereocenters. The minimum atomic E-state index is 0.192. The van der Waals surface area contributed by atoms with Crippen LogP contribution in [0.4, 0.5) is 0 Å². The number of aromatic nitrogens is 1. The summed E-state index contributed by atoms with van der Waals surface area (Å²) in [4.78, 5) is 17.7. The standard InChI is InChI=1S/C14H22N2O2/c1-9-5-13(12(4)15-9)14(17)7-16-6-11(3)18-8-10(16)2/h5,10-11,15H,6-8H2,1-4H3. The molecule has 18 heavy (non-hydrogen) atoms. The quantitative estimate of drug-likeness (QED) is 0.834. The van der Waals surface area contributed by atoms with Crippen LogP contribution in [-0.4, -0.2) is 47.5 Å². The van der Waals surface area contributed by atoms with E-state index in [9.17, 15) is 4.79 Å². The maximum Gasteiger partial charge on any atom is 0.178 e. The van der Waals surface area contributed by atoms with E-state index < -0.39 is 0 Å². The molecule has 0 aromatic carbocycles. The first-order valence-corrected chi connectivity index (χ1v) is 6.52. The Hall–Kier alpha value is -1.13. The third-order valence-electron chi connectivity index (χ3n) is 3.53. The zero-order chi connectivity index (χ0) is 13.3. The lowest BCUT2D eigenvalue weighted by molar-refractivity contribution is -0.0460. The van der Waals surface area contributed by atoms with E-state index >= 15 is 0 Å². The average Bonchev–Trinajstić information content (AvgIpc) is 2.63. The Morgan fingerprint density at radius 2 is 2.22 bits per heavy atom. The summed E-state index contributed by atoms with van der Waals surface area (Å²) >= 11 is 0. The smallest absolute Gasteiger partial charge is 0.178 e. The second-order valence-electron chi connectivity index (χ2n) is 5.34. The van der Waals surface area contributed by atoms with Crippen LogP contribution in [0.2, 0.25) is 0 Å². The molecule has 4 nitrogen and oxygen atoms in total. The Balaban J connectivity index is 2.04. The molecule has 2 rings (SSSR count). The van der Waals surface area contributed by atoms with Crippen LogP contribution in [0.5, 0.6) is 0 Å². The van der Waals surface area contributed by atoms with Gasteiger partial charge in [0.2, 0.25) is 0 Å². The maximum absolute atomic E-state index is 12.3. The number of nitrogens with zero attached hydrogens (tertiary/aromatic N) is 1. The molecule has 0 radical (unpaired) electrons. The number of rotatable bonds is 3. The fourth-order valence-electron chi connectivity index (χ4n) is 2.48. The van der Waals surface area contributed by atoms with Crippen molar-refractivity contribution in [2.24, 2.45) is 0 Å². The molecule has 1 saturated heterocycles. The normalized spacial score (nSPS) is 25.3.